The van der Waals surface area contributed by atoms with Crippen molar-refractivity contribution in [3.05, 3.63) is 0 Å². The van der Waals surface area contributed by atoms with Crippen LogP contribution in [0.5, 0.6) is 0 Å². The predicted molar refractivity (Wildman–Crippen MR) is 252 cm³/mol. The number of rotatable bonds is 48. The lowest BCUT2D eigenvalue weighted by atomic mass is 9.99. The van der Waals surface area contributed by atoms with Gasteiger partial charge >= 0.3 is 17.9 Å². The molecule has 59 heavy (non-hydrogen) atoms. The normalized spacial score (nSPS) is 12.4. The largest absolute Gasteiger partial charge is 0.462 e. The number of hydrogen-bond acceptors (Lipinski definition) is 6. The molecule has 0 fully saturated rings. The number of ether oxygens (including phenoxy) is 3. The van der Waals surface area contributed by atoms with Gasteiger partial charge in [-0.2, -0.15) is 0 Å². The zero-order valence-corrected chi connectivity index (χ0v) is 40.2. The smallest absolute Gasteiger partial charge is 0.306 e. The highest BCUT2D eigenvalue weighted by Gasteiger charge is 2.19. The topological polar surface area (TPSA) is 78.9 Å². The van der Waals surface area contributed by atoms with Gasteiger partial charge in [0, 0.05) is 19.3 Å². The average Bonchev–Trinajstić information content (AvgIpc) is 3.23. The molecule has 0 spiro atoms. The molecule has 0 rings (SSSR count). The molecule has 0 amide bonds. The zero-order chi connectivity index (χ0) is 43.1. The first kappa shape index (κ1) is 57.4. The van der Waals surface area contributed by atoms with E-state index >= 15 is 0 Å². The first-order chi connectivity index (χ1) is 28.9. The van der Waals surface area contributed by atoms with Gasteiger partial charge in [-0.05, 0) is 25.2 Å². The summed E-state index contributed by atoms with van der Waals surface area (Å²) >= 11 is 0. The summed E-state index contributed by atoms with van der Waals surface area (Å²) in [5.74, 6) is 0.0581. The maximum atomic E-state index is 12.8. The van der Waals surface area contributed by atoms with E-state index in [1.165, 1.54) is 193 Å². The van der Waals surface area contributed by atoms with Gasteiger partial charge in [0.05, 0.1) is 0 Å². The van der Waals surface area contributed by atoms with Gasteiger partial charge in [-0.25, -0.2) is 0 Å². The van der Waals surface area contributed by atoms with Gasteiger partial charge in [0.2, 0.25) is 0 Å². The van der Waals surface area contributed by atoms with Crippen LogP contribution in [0.2, 0.25) is 0 Å². The number of carbonyl (C=O) groups is 3. The summed E-state index contributed by atoms with van der Waals surface area (Å²) in [7, 11) is 0. The van der Waals surface area contributed by atoms with Gasteiger partial charge in [0.15, 0.2) is 6.10 Å². The van der Waals surface area contributed by atoms with Gasteiger partial charge in [0.1, 0.15) is 13.2 Å². The van der Waals surface area contributed by atoms with Crippen molar-refractivity contribution >= 4 is 17.9 Å². The summed E-state index contributed by atoms with van der Waals surface area (Å²) in [6, 6.07) is 0. The van der Waals surface area contributed by atoms with Crippen molar-refractivity contribution in [1.82, 2.24) is 0 Å². The molecule has 0 bridgehead atoms. The standard InChI is InChI=1S/C53H102O6/c1-5-8-10-12-14-15-16-26-29-33-37-41-45-52(55)58-48-50(47-57-51(54)44-40-36-31-13-11-9-6-2)59-53(56)46-42-38-34-30-27-24-22-20-18-17-19-21-23-25-28-32-35-39-43-49(4)7-3/h49-50H,5-48H2,1-4H3/t49?,50-/m0/s1. The molecular formula is C53H102O6. The summed E-state index contributed by atoms with van der Waals surface area (Å²) in [5, 5.41) is 0. The predicted octanol–water partition coefficient (Wildman–Crippen LogP) is 17.1. The molecule has 2 atom stereocenters. The van der Waals surface area contributed by atoms with Crippen LogP contribution in [-0.2, 0) is 28.6 Å². The molecule has 0 N–H and O–H groups in total. The Hall–Kier alpha value is -1.59. The fourth-order valence-corrected chi connectivity index (χ4v) is 8.01. The van der Waals surface area contributed by atoms with E-state index in [9.17, 15) is 14.4 Å². The van der Waals surface area contributed by atoms with E-state index in [1.54, 1.807) is 0 Å². The quantitative estimate of drug-likeness (QED) is 0.0345. The minimum atomic E-state index is -0.759. The summed E-state index contributed by atoms with van der Waals surface area (Å²) in [6.07, 6.45) is 49.6. The van der Waals surface area contributed by atoms with E-state index in [2.05, 4.69) is 27.7 Å². The van der Waals surface area contributed by atoms with Gasteiger partial charge in [0.25, 0.3) is 0 Å². The summed E-state index contributed by atoms with van der Waals surface area (Å²) in [5.41, 5.74) is 0. The first-order valence-electron chi connectivity index (χ1n) is 26.4. The van der Waals surface area contributed by atoms with Crippen LogP contribution in [0, 0.1) is 5.92 Å². The van der Waals surface area contributed by atoms with E-state index in [4.69, 9.17) is 14.2 Å². The molecule has 6 nitrogen and oxygen atoms in total. The summed E-state index contributed by atoms with van der Waals surface area (Å²) < 4.78 is 16.7. The molecule has 350 valence electrons. The molecule has 0 aromatic rings. The lowest BCUT2D eigenvalue weighted by molar-refractivity contribution is -0.167. The van der Waals surface area contributed by atoms with Crippen molar-refractivity contribution in [3.8, 4) is 0 Å². The van der Waals surface area contributed by atoms with Crippen LogP contribution >= 0.6 is 0 Å². The Balaban J connectivity index is 4.12. The van der Waals surface area contributed by atoms with Crippen molar-refractivity contribution in [3.63, 3.8) is 0 Å². The van der Waals surface area contributed by atoms with Crippen LogP contribution in [0.3, 0.4) is 0 Å². The molecule has 0 aromatic heterocycles. The minimum Gasteiger partial charge on any atom is -0.462 e. The van der Waals surface area contributed by atoms with Crippen molar-refractivity contribution in [2.45, 2.75) is 303 Å². The molecule has 1 unspecified atom stereocenters. The molecule has 0 aliphatic rings. The number of unbranched alkanes of at least 4 members (excludes halogenated alkanes) is 34. The van der Waals surface area contributed by atoms with E-state index < -0.39 is 6.10 Å². The minimum absolute atomic E-state index is 0.0631. The second-order valence-corrected chi connectivity index (χ2v) is 18.4. The Labute approximate surface area is 368 Å². The fourth-order valence-electron chi connectivity index (χ4n) is 8.01. The Kier molecular flexibility index (Phi) is 46.2. The number of carbonyl (C=O) groups excluding carboxylic acids is 3. The molecular weight excluding hydrogens is 733 g/mol. The van der Waals surface area contributed by atoms with Crippen LogP contribution in [0.15, 0.2) is 0 Å². The molecule has 0 radical (unpaired) electrons. The van der Waals surface area contributed by atoms with E-state index in [1.807, 2.05) is 0 Å². The van der Waals surface area contributed by atoms with Crippen LogP contribution in [0.1, 0.15) is 297 Å². The van der Waals surface area contributed by atoms with Gasteiger partial charge in [-0.1, -0.05) is 259 Å². The number of hydrogen-bond donors (Lipinski definition) is 0. The van der Waals surface area contributed by atoms with Crippen molar-refractivity contribution in [2.24, 2.45) is 5.92 Å². The molecule has 0 aliphatic heterocycles. The second kappa shape index (κ2) is 47.5. The lowest BCUT2D eigenvalue weighted by Crippen LogP contribution is -2.30. The van der Waals surface area contributed by atoms with Crippen LogP contribution in [0.4, 0.5) is 0 Å². The van der Waals surface area contributed by atoms with Crippen LogP contribution < -0.4 is 0 Å². The SMILES string of the molecule is CCCCCCCCCCCCCCC(=O)OC[C@H](COC(=O)CCCCCCCCC)OC(=O)CCCCCCCCCCCCCCCCCCCCC(C)CC. The lowest BCUT2D eigenvalue weighted by Gasteiger charge is -2.18. The van der Waals surface area contributed by atoms with Crippen molar-refractivity contribution in [1.29, 1.82) is 0 Å². The van der Waals surface area contributed by atoms with Crippen molar-refractivity contribution in [2.75, 3.05) is 13.2 Å². The Morgan fingerprint density at radius 2 is 0.593 bits per heavy atom. The molecule has 6 heteroatoms. The Morgan fingerprint density at radius 3 is 0.881 bits per heavy atom. The maximum Gasteiger partial charge on any atom is 0.306 e. The molecule has 0 saturated heterocycles. The number of esters is 3. The highest BCUT2D eigenvalue weighted by Crippen LogP contribution is 2.18. The third-order valence-corrected chi connectivity index (χ3v) is 12.4. The van der Waals surface area contributed by atoms with E-state index in [-0.39, 0.29) is 31.1 Å². The van der Waals surface area contributed by atoms with Crippen molar-refractivity contribution < 1.29 is 28.6 Å². The van der Waals surface area contributed by atoms with E-state index in [0.29, 0.717) is 19.3 Å². The second-order valence-electron chi connectivity index (χ2n) is 18.4. The van der Waals surface area contributed by atoms with Gasteiger partial charge in [-0.15, -0.1) is 0 Å². The third kappa shape index (κ3) is 45.8. The maximum absolute atomic E-state index is 12.8. The van der Waals surface area contributed by atoms with Gasteiger partial charge < -0.3 is 14.2 Å². The molecule has 0 aliphatic carbocycles. The molecule has 0 saturated carbocycles. The van der Waals surface area contributed by atoms with Gasteiger partial charge in [-0.3, -0.25) is 14.4 Å². The first-order valence-corrected chi connectivity index (χ1v) is 26.4. The van der Waals surface area contributed by atoms with E-state index in [0.717, 1.165) is 63.7 Å². The summed E-state index contributed by atoms with van der Waals surface area (Å²) in [6.45, 7) is 9.04. The van der Waals surface area contributed by atoms with Crippen LogP contribution in [0.25, 0.3) is 0 Å². The Bertz CT molecular complexity index is 889. The highest BCUT2D eigenvalue weighted by molar-refractivity contribution is 5.71. The summed E-state index contributed by atoms with van der Waals surface area (Å²) in [4.78, 5) is 37.8. The Morgan fingerprint density at radius 1 is 0.339 bits per heavy atom. The monoisotopic (exact) mass is 835 g/mol. The average molecular weight is 835 g/mol. The zero-order valence-electron chi connectivity index (χ0n) is 40.2. The van der Waals surface area contributed by atoms with Crippen LogP contribution in [-0.4, -0.2) is 37.2 Å². The third-order valence-electron chi connectivity index (χ3n) is 12.4. The molecule has 0 aromatic carbocycles. The fraction of sp³-hybridized carbons (Fsp3) is 0.943. The molecule has 0 heterocycles. The highest BCUT2D eigenvalue weighted by atomic mass is 16.6.